The van der Waals surface area contributed by atoms with E-state index in [1.165, 1.54) is 5.56 Å². The van der Waals surface area contributed by atoms with Gasteiger partial charge in [0.05, 0.1) is 15.9 Å². The highest BCUT2D eigenvalue weighted by molar-refractivity contribution is 7.92. The molecule has 0 saturated heterocycles. The largest absolute Gasteiger partial charge is 0.501 e. The average Bonchev–Trinajstić information content (AvgIpc) is 2.71. The van der Waals surface area contributed by atoms with E-state index in [1.807, 2.05) is 29.2 Å². The second-order valence-electron chi connectivity index (χ2n) is 7.17. The van der Waals surface area contributed by atoms with E-state index in [2.05, 4.69) is 5.32 Å². The van der Waals surface area contributed by atoms with Crippen LogP contribution in [-0.4, -0.2) is 54.6 Å². The molecule has 1 atom stereocenters. The van der Waals surface area contributed by atoms with Crippen LogP contribution in [0.3, 0.4) is 0 Å². The topological polar surface area (TPSA) is 113 Å². The molecule has 1 unspecified atom stereocenters. The summed E-state index contributed by atoms with van der Waals surface area (Å²) in [6.45, 7) is 1.57. The Balaban J connectivity index is 1.66. The normalized spacial score (nSPS) is 15.9. The third-order valence-electron chi connectivity index (χ3n) is 4.99. The van der Waals surface area contributed by atoms with Gasteiger partial charge in [0.25, 0.3) is 15.5 Å². The van der Waals surface area contributed by atoms with Gasteiger partial charge in [-0.25, -0.2) is 8.42 Å². The number of aliphatic hydroxyl groups excluding tert-OH is 1. The molecule has 2 aromatic carbocycles. The fourth-order valence-electron chi connectivity index (χ4n) is 3.41. The molecule has 31 heavy (non-hydrogen) atoms. The lowest BCUT2D eigenvalue weighted by molar-refractivity contribution is -0.384. The number of nitro benzene ring substituents is 1. The fraction of sp³-hybridized carbons (Fsp3) is 0.368. The van der Waals surface area contributed by atoms with Gasteiger partial charge in [0.1, 0.15) is 5.69 Å². The summed E-state index contributed by atoms with van der Waals surface area (Å²) in [4.78, 5) is 11.1. The lowest BCUT2D eigenvalue weighted by Gasteiger charge is -2.30. The van der Waals surface area contributed by atoms with Gasteiger partial charge in [-0.1, -0.05) is 24.3 Å². The minimum absolute atomic E-state index is 0.107. The first-order valence-electron chi connectivity index (χ1n) is 9.30. The maximum atomic E-state index is 12.7. The van der Waals surface area contributed by atoms with Crippen molar-refractivity contribution in [3.63, 3.8) is 0 Å². The van der Waals surface area contributed by atoms with Crippen LogP contribution in [0.1, 0.15) is 11.1 Å². The summed E-state index contributed by atoms with van der Waals surface area (Å²) in [5, 5.41) is 24.2. The van der Waals surface area contributed by atoms with Crippen molar-refractivity contribution in [2.45, 2.75) is 29.5 Å². The van der Waals surface area contributed by atoms with Crippen LogP contribution in [-0.2, 0) is 22.8 Å². The number of hydrogen-bond acceptors (Lipinski definition) is 7. The molecular formula is C19H20F3N3O5S. The maximum Gasteiger partial charge on any atom is 0.501 e. The molecule has 0 spiro atoms. The molecular weight excluding hydrogens is 439 g/mol. The quantitative estimate of drug-likeness (QED) is 0.484. The molecule has 0 aliphatic carbocycles. The number of fused-ring (bicyclic) bond motifs is 1. The van der Waals surface area contributed by atoms with Crippen LogP contribution in [0.25, 0.3) is 0 Å². The summed E-state index contributed by atoms with van der Waals surface area (Å²) >= 11 is 0. The van der Waals surface area contributed by atoms with Gasteiger partial charge in [-0.15, -0.1) is 0 Å². The number of benzene rings is 2. The van der Waals surface area contributed by atoms with Crippen molar-refractivity contribution in [1.82, 2.24) is 4.90 Å². The lowest BCUT2D eigenvalue weighted by atomic mass is 10.00. The summed E-state index contributed by atoms with van der Waals surface area (Å²) in [6.07, 6.45) is -0.0832. The second-order valence-corrected chi connectivity index (χ2v) is 9.11. The van der Waals surface area contributed by atoms with Crippen LogP contribution in [0.15, 0.2) is 47.4 Å². The highest BCUT2D eigenvalue weighted by Gasteiger charge is 2.47. The van der Waals surface area contributed by atoms with Crippen LogP contribution in [0.4, 0.5) is 24.5 Å². The molecule has 0 amide bonds. The number of aliphatic hydroxyl groups is 1. The Labute approximate surface area is 176 Å². The smallest absolute Gasteiger partial charge is 0.390 e. The van der Waals surface area contributed by atoms with Crippen LogP contribution >= 0.6 is 0 Å². The monoisotopic (exact) mass is 459 g/mol. The number of sulfone groups is 1. The molecule has 0 fully saturated rings. The molecule has 2 aromatic rings. The van der Waals surface area contributed by atoms with E-state index >= 15 is 0 Å². The average molecular weight is 459 g/mol. The van der Waals surface area contributed by atoms with Gasteiger partial charge >= 0.3 is 5.51 Å². The Kier molecular flexibility index (Phi) is 6.53. The van der Waals surface area contributed by atoms with Crippen molar-refractivity contribution in [3.8, 4) is 0 Å². The molecule has 0 bridgehead atoms. The molecule has 0 radical (unpaired) electrons. The number of anilines is 1. The van der Waals surface area contributed by atoms with E-state index in [4.69, 9.17) is 0 Å². The van der Waals surface area contributed by atoms with Crippen LogP contribution in [0, 0.1) is 10.1 Å². The molecule has 8 nitrogen and oxygen atoms in total. The minimum Gasteiger partial charge on any atom is -0.390 e. The van der Waals surface area contributed by atoms with E-state index in [0.29, 0.717) is 18.7 Å². The first-order valence-corrected chi connectivity index (χ1v) is 10.8. The number of rotatable bonds is 7. The molecule has 1 heterocycles. The van der Waals surface area contributed by atoms with Crippen LogP contribution in [0.2, 0.25) is 0 Å². The third-order valence-corrected chi connectivity index (χ3v) is 6.47. The van der Waals surface area contributed by atoms with Gasteiger partial charge in [-0.05, 0) is 29.7 Å². The summed E-state index contributed by atoms with van der Waals surface area (Å²) in [7, 11) is -5.71. The number of hydrogen-bond donors (Lipinski definition) is 2. The Bertz CT molecular complexity index is 1080. The summed E-state index contributed by atoms with van der Waals surface area (Å²) in [5.74, 6) is 0. The molecule has 2 N–H and O–H groups in total. The number of nitro groups is 1. The fourth-order valence-corrected chi connectivity index (χ4v) is 4.19. The molecule has 3 rings (SSSR count). The molecule has 0 saturated carbocycles. The van der Waals surface area contributed by atoms with Crippen molar-refractivity contribution < 1.29 is 31.6 Å². The molecule has 0 aromatic heterocycles. The van der Waals surface area contributed by atoms with Crippen molar-refractivity contribution in [2.75, 3.05) is 25.0 Å². The number of nitrogens with one attached hydrogen (secondary N) is 1. The van der Waals surface area contributed by atoms with E-state index in [9.17, 15) is 36.8 Å². The summed E-state index contributed by atoms with van der Waals surface area (Å²) < 4.78 is 61.1. The Morgan fingerprint density at radius 1 is 1.19 bits per heavy atom. The van der Waals surface area contributed by atoms with Crippen molar-refractivity contribution in [2.24, 2.45) is 0 Å². The Morgan fingerprint density at radius 3 is 2.52 bits per heavy atom. The lowest BCUT2D eigenvalue weighted by Crippen LogP contribution is -2.39. The van der Waals surface area contributed by atoms with E-state index in [1.54, 1.807) is 0 Å². The third kappa shape index (κ3) is 5.14. The predicted octanol–water partition coefficient (Wildman–Crippen LogP) is 2.72. The Morgan fingerprint density at radius 2 is 1.87 bits per heavy atom. The van der Waals surface area contributed by atoms with Gasteiger partial charge in [0.15, 0.2) is 0 Å². The zero-order valence-electron chi connectivity index (χ0n) is 16.2. The molecule has 168 valence electrons. The summed E-state index contributed by atoms with van der Waals surface area (Å²) in [6, 6.07) is 9.85. The van der Waals surface area contributed by atoms with Gasteiger partial charge in [-0.2, -0.15) is 13.2 Å². The van der Waals surface area contributed by atoms with E-state index in [-0.39, 0.29) is 18.8 Å². The predicted molar refractivity (Wildman–Crippen MR) is 106 cm³/mol. The van der Waals surface area contributed by atoms with Crippen LogP contribution in [0.5, 0.6) is 0 Å². The standard InChI is InChI=1S/C19H20F3N3O5S/c20-19(21,22)31(29,30)16-5-6-17(18(9-16)25(27)28)23-10-15(26)12-24-8-7-13-3-1-2-4-14(13)11-24/h1-6,9,15,23,26H,7-8,10-12H2. The first kappa shape index (κ1) is 23.0. The SMILES string of the molecule is O=[N+]([O-])c1cc(S(=O)(=O)C(F)(F)F)ccc1NCC(O)CN1CCc2ccccc2C1. The van der Waals surface area contributed by atoms with Crippen molar-refractivity contribution in [1.29, 1.82) is 0 Å². The first-order chi connectivity index (χ1) is 14.5. The van der Waals surface area contributed by atoms with Gasteiger partial charge in [0, 0.05) is 32.2 Å². The molecule has 1 aliphatic rings. The highest BCUT2D eigenvalue weighted by atomic mass is 32.2. The Hall–Kier alpha value is -2.70. The minimum atomic E-state index is -5.71. The van der Waals surface area contributed by atoms with E-state index in [0.717, 1.165) is 24.6 Å². The molecule has 12 heteroatoms. The number of β-amino-alcohol motifs (C(OH)–C–C–N with tert-alkyl or cyclic N) is 1. The second kappa shape index (κ2) is 8.81. The van der Waals surface area contributed by atoms with Gasteiger partial charge < -0.3 is 10.4 Å². The van der Waals surface area contributed by atoms with Crippen molar-refractivity contribution >= 4 is 21.2 Å². The summed E-state index contributed by atoms with van der Waals surface area (Å²) in [5.41, 5.74) is -4.18. The number of nitrogens with zero attached hydrogens (tertiary/aromatic N) is 2. The van der Waals surface area contributed by atoms with Crippen molar-refractivity contribution in [3.05, 3.63) is 63.7 Å². The number of alkyl halides is 3. The zero-order chi connectivity index (χ0) is 22.8. The zero-order valence-corrected chi connectivity index (χ0v) is 17.0. The number of halogens is 3. The molecule has 1 aliphatic heterocycles. The van der Waals surface area contributed by atoms with Gasteiger partial charge in [0.2, 0.25) is 0 Å². The maximum absolute atomic E-state index is 12.7. The highest BCUT2D eigenvalue weighted by Crippen LogP contribution is 2.34. The van der Waals surface area contributed by atoms with Gasteiger partial charge in [-0.3, -0.25) is 15.0 Å². The van der Waals surface area contributed by atoms with Crippen LogP contribution < -0.4 is 5.32 Å². The van der Waals surface area contributed by atoms with E-state index < -0.39 is 37.0 Å².